The minimum absolute atomic E-state index is 0.0747. The molecule has 2 N–H and O–H groups in total. The van der Waals surface area contributed by atoms with E-state index >= 15 is 0 Å². The van der Waals surface area contributed by atoms with E-state index in [1.807, 2.05) is 0 Å². The van der Waals surface area contributed by atoms with E-state index in [4.69, 9.17) is 0 Å². The first-order chi connectivity index (χ1) is 7.57. The van der Waals surface area contributed by atoms with Gasteiger partial charge in [0.2, 0.25) is 10.0 Å². The Hall–Kier alpha value is -1.08. The van der Waals surface area contributed by atoms with Gasteiger partial charge < -0.3 is 5.32 Å². The Morgan fingerprint density at radius 1 is 1.69 bits per heavy atom. The summed E-state index contributed by atoms with van der Waals surface area (Å²) in [6.45, 7) is 0.909. The zero-order valence-electron chi connectivity index (χ0n) is 9.18. The van der Waals surface area contributed by atoms with Crippen LogP contribution in [0.4, 0.5) is 5.82 Å². The van der Waals surface area contributed by atoms with Crippen LogP contribution in [-0.4, -0.2) is 36.5 Å². The van der Waals surface area contributed by atoms with Crippen molar-refractivity contribution in [2.75, 3.05) is 17.0 Å². The molecule has 1 atom stereocenters. The van der Waals surface area contributed by atoms with E-state index < -0.39 is 10.0 Å². The summed E-state index contributed by atoms with van der Waals surface area (Å²) >= 11 is 0. The van der Waals surface area contributed by atoms with E-state index in [2.05, 4.69) is 15.1 Å². The molecule has 0 saturated carbocycles. The second-order valence-corrected chi connectivity index (χ2v) is 5.78. The zero-order chi connectivity index (χ0) is 11.6. The number of nitrogens with zero attached hydrogens (tertiary/aromatic N) is 2. The van der Waals surface area contributed by atoms with Crippen LogP contribution in [-0.2, 0) is 17.1 Å². The van der Waals surface area contributed by atoms with Crippen LogP contribution in [0.2, 0.25) is 0 Å². The predicted molar refractivity (Wildman–Crippen MR) is 61.6 cm³/mol. The van der Waals surface area contributed by atoms with Crippen LogP contribution in [0.15, 0.2) is 12.3 Å². The zero-order valence-corrected chi connectivity index (χ0v) is 10.00. The average Bonchev–Trinajstić information content (AvgIpc) is 2.78. The molecular formula is C9H16N4O2S. The smallest absolute Gasteiger partial charge is 0.235 e. The van der Waals surface area contributed by atoms with Gasteiger partial charge in [-0.15, -0.1) is 0 Å². The first kappa shape index (κ1) is 11.4. The molecule has 0 spiro atoms. The van der Waals surface area contributed by atoms with E-state index in [1.165, 1.54) is 4.68 Å². The van der Waals surface area contributed by atoms with Gasteiger partial charge in [-0.05, 0) is 19.4 Å². The van der Waals surface area contributed by atoms with Crippen molar-refractivity contribution in [1.29, 1.82) is 0 Å². The Bertz CT molecular complexity index is 448. The Balaban J connectivity index is 2.00. The molecule has 1 saturated heterocycles. The van der Waals surface area contributed by atoms with Crippen molar-refractivity contribution < 1.29 is 8.42 Å². The molecule has 1 aromatic rings. The minimum Gasteiger partial charge on any atom is -0.313 e. The largest absolute Gasteiger partial charge is 0.313 e. The maximum absolute atomic E-state index is 11.8. The van der Waals surface area contributed by atoms with E-state index in [1.54, 1.807) is 19.3 Å². The number of hydrogen-bond donors (Lipinski definition) is 2. The molecule has 2 heterocycles. The second kappa shape index (κ2) is 4.42. The number of rotatable bonds is 4. The summed E-state index contributed by atoms with van der Waals surface area (Å²) in [6, 6.07) is 1.71. The van der Waals surface area contributed by atoms with Gasteiger partial charge in [0, 0.05) is 19.2 Å². The number of anilines is 1. The summed E-state index contributed by atoms with van der Waals surface area (Å²) in [7, 11) is -1.58. The Morgan fingerprint density at radius 3 is 3.06 bits per heavy atom. The van der Waals surface area contributed by atoms with Crippen molar-refractivity contribution in [1.82, 2.24) is 15.1 Å². The maximum atomic E-state index is 11.8. The summed E-state index contributed by atoms with van der Waals surface area (Å²) in [5, 5.41) is 7.07. The molecule has 6 nitrogen and oxygen atoms in total. The molecule has 0 aromatic carbocycles. The lowest BCUT2D eigenvalue weighted by Gasteiger charge is -2.12. The third-order valence-electron chi connectivity index (χ3n) is 2.66. The summed E-state index contributed by atoms with van der Waals surface area (Å²) in [5.41, 5.74) is 0. The molecule has 1 aromatic heterocycles. The summed E-state index contributed by atoms with van der Waals surface area (Å²) < 4.78 is 27.7. The molecule has 1 aliphatic heterocycles. The number of aryl methyl sites for hydroxylation is 1. The first-order valence-corrected chi connectivity index (χ1v) is 6.94. The SMILES string of the molecule is Cn1nccc1NS(=O)(=O)CC1CCCN1. The van der Waals surface area contributed by atoms with Crippen LogP contribution >= 0.6 is 0 Å². The van der Waals surface area contributed by atoms with Gasteiger partial charge in [0.05, 0.1) is 11.9 Å². The van der Waals surface area contributed by atoms with E-state index in [-0.39, 0.29) is 11.8 Å². The molecule has 90 valence electrons. The molecular weight excluding hydrogens is 228 g/mol. The summed E-state index contributed by atoms with van der Waals surface area (Å²) in [6.07, 6.45) is 3.53. The Labute approximate surface area is 95.1 Å². The van der Waals surface area contributed by atoms with Crippen LogP contribution < -0.4 is 10.0 Å². The van der Waals surface area contributed by atoms with Crippen molar-refractivity contribution in [2.24, 2.45) is 7.05 Å². The molecule has 0 radical (unpaired) electrons. The van der Waals surface area contributed by atoms with Gasteiger partial charge in [-0.2, -0.15) is 5.10 Å². The fraction of sp³-hybridized carbons (Fsp3) is 0.667. The molecule has 2 rings (SSSR count). The van der Waals surface area contributed by atoms with Crippen molar-refractivity contribution >= 4 is 15.8 Å². The summed E-state index contributed by atoms with van der Waals surface area (Å²) in [5.74, 6) is 0.621. The Kier molecular flexibility index (Phi) is 3.15. The molecule has 0 amide bonds. The molecule has 1 unspecified atom stereocenters. The average molecular weight is 244 g/mol. The van der Waals surface area contributed by atoms with Gasteiger partial charge >= 0.3 is 0 Å². The van der Waals surface area contributed by atoms with Gasteiger partial charge in [0.15, 0.2) is 0 Å². The predicted octanol–water partition coefficient (Wildman–Crippen LogP) is -0.0862. The van der Waals surface area contributed by atoms with Crippen LogP contribution in [0.25, 0.3) is 0 Å². The maximum Gasteiger partial charge on any atom is 0.235 e. The highest BCUT2D eigenvalue weighted by Crippen LogP contribution is 2.11. The summed E-state index contributed by atoms with van der Waals surface area (Å²) in [4.78, 5) is 0. The highest BCUT2D eigenvalue weighted by Gasteiger charge is 2.22. The molecule has 16 heavy (non-hydrogen) atoms. The standard InChI is InChI=1S/C9H16N4O2S/c1-13-9(4-6-11-13)12-16(14,15)7-8-3-2-5-10-8/h4,6,8,10,12H,2-3,5,7H2,1H3. The lowest BCUT2D eigenvalue weighted by Crippen LogP contribution is -2.33. The van der Waals surface area contributed by atoms with Crippen molar-refractivity contribution in [3.05, 3.63) is 12.3 Å². The quantitative estimate of drug-likeness (QED) is 0.776. The number of nitrogens with one attached hydrogen (secondary N) is 2. The molecule has 1 aliphatic rings. The van der Waals surface area contributed by atoms with Gasteiger partial charge in [-0.25, -0.2) is 8.42 Å². The van der Waals surface area contributed by atoms with Crippen molar-refractivity contribution in [2.45, 2.75) is 18.9 Å². The van der Waals surface area contributed by atoms with Crippen molar-refractivity contribution in [3.8, 4) is 0 Å². The number of hydrogen-bond acceptors (Lipinski definition) is 4. The molecule has 7 heteroatoms. The van der Waals surface area contributed by atoms with E-state index in [0.29, 0.717) is 5.82 Å². The minimum atomic E-state index is -3.28. The van der Waals surface area contributed by atoms with Crippen LogP contribution in [0.1, 0.15) is 12.8 Å². The van der Waals surface area contributed by atoms with E-state index in [9.17, 15) is 8.42 Å². The van der Waals surface area contributed by atoms with Gasteiger partial charge in [-0.1, -0.05) is 0 Å². The molecule has 0 aliphatic carbocycles. The van der Waals surface area contributed by atoms with Crippen LogP contribution in [0.3, 0.4) is 0 Å². The fourth-order valence-corrected chi connectivity index (χ4v) is 3.26. The van der Waals surface area contributed by atoms with Crippen LogP contribution in [0, 0.1) is 0 Å². The third-order valence-corrected chi connectivity index (χ3v) is 4.03. The normalized spacial score (nSPS) is 21.2. The highest BCUT2D eigenvalue weighted by molar-refractivity contribution is 7.92. The Morgan fingerprint density at radius 2 is 2.50 bits per heavy atom. The third kappa shape index (κ3) is 2.73. The lowest BCUT2D eigenvalue weighted by atomic mass is 10.3. The van der Waals surface area contributed by atoms with Gasteiger partial charge in [-0.3, -0.25) is 9.40 Å². The number of sulfonamides is 1. The fourth-order valence-electron chi connectivity index (χ4n) is 1.84. The van der Waals surface area contributed by atoms with E-state index in [0.717, 1.165) is 19.4 Å². The first-order valence-electron chi connectivity index (χ1n) is 5.29. The monoisotopic (exact) mass is 244 g/mol. The highest BCUT2D eigenvalue weighted by atomic mass is 32.2. The van der Waals surface area contributed by atoms with Crippen molar-refractivity contribution in [3.63, 3.8) is 0 Å². The molecule has 1 fully saturated rings. The topological polar surface area (TPSA) is 76.0 Å². The number of aromatic nitrogens is 2. The van der Waals surface area contributed by atoms with Crippen LogP contribution in [0.5, 0.6) is 0 Å². The van der Waals surface area contributed by atoms with Gasteiger partial charge in [0.25, 0.3) is 0 Å². The lowest BCUT2D eigenvalue weighted by molar-refractivity contribution is 0.581. The van der Waals surface area contributed by atoms with Gasteiger partial charge in [0.1, 0.15) is 5.82 Å². The molecule has 0 bridgehead atoms. The second-order valence-electron chi connectivity index (χ2n) is 4.02.